The normalized spacial score (nSPS) is 13.5. The van der Waals surface area contributed by atoms with E-state index in [-0.39, 0.29) is 0 Å². The van der Waals surface area contributed by atoms with E-state index < -0.39 is 0 Å². The summed E-state index contributed by atoms with van der Waals surface area (Å²) < 4.78 is 5.55. The van der Waals surface area contributed by atoms with Gasteiger partial charge in [0.05, 0.1) is 5.69 Å². The highest BCUT2D eigenvalue weighted by Gasteiger charge is 2.21. The summed E-state index contributed by atoms with van der Waals surface area (Å²) >= 11 is 0. The maximum atomic E-state index is 5.55. The van der Waals surface area contributed by atoms with Crippen LogP contribution in [0, 0.1) is 0 Å². The quantitative estimate of drug-likeness (QED) is 0.126. The molecule has 4 nitrogen and oxygen atoms in total. The summed E-state index contributed by atoms with van der Waals surface area (Å²) in [6.07, 6.45) is 51.8. The first kappa shape index (κ1) is 133. The molecule has 4 heteroatoms. The van der Waals surface area contributed by atoms with E-state index in [0.717, 1.165) is 70.8 Å². The fourth-order valence-electron chi connectivity index (χ4n) is 17.8. The fourth-order valence-corrected chi connectivity index (χ4v) is 17.8. The Morgan fingerprint density at radius 3 is 1.08 bits per heavy atom. The highest BCUT2D eigenvalue weighted by molar-refractivity contribution is 5.64. The molecule has 3 heterocycles. The van der Waals surface area contributed by atoms with Crippen molar-refractivity contribution < 1.29 is 4.74 Å². The van der Waals surface area contributed by atoms with Crippen LogP contribution in [0.1, 0.15) is 538 Å². The van der Waals surface area contributed by atoms with E-state index in [9.17, 15) is 0 Å². The van der Waals surface area contributed by atoms with E-state index in [0.29, 0.717) is 53.3 Å². The minimum atomic E-state index is 0.546. The number of benzene rings is 9. The Morgan fingerprint density at radius 1 is 0.236 bits per heavy atom. The molecule has 9 aromatic carbocycles. The number of hydrogen-bond acceptors (Lipinski definition) is 4. The highest BCUT2D eigenvalue weighted by atomic mass is 16.5. The van der Waals surface area contributed by atoms with Gasteiger partial charge < -0.3 is 20.7 Å². The lowest BCUT2D eigenvalue weighted by Crippen LogP contribution is -2.24. The Labute approximate surface area is 892 Å². The largest absolute Gasteiger partial charge is 0.490 e. The molecule has 0 radical (unpaired) electrons. The van der Waals surface area contributed by atoms with E-state index in [1.54, 1.807) is 50.1 Å². The Balaban J connectivity index is 0.000000784. The van der Waals surface area contributed by atoms with Gasteiger partial charge in [-0.2, -0.15) is 0 Å². The number of hydrogen-bond donors (Lipinski definition) is 3. The maximum Gasteiger partial charge on any atom is 0.142 e. The van der Waals surface area contributed by atoms with E-state index in [1.165, 1.54) is 242 Å². The van der Waals surface area contributed by atoms with Crippen molar-refractivity contribution >= 4 is 17.8 Å². The van der Waals surface area contributed by atoms with Crippen molar-refractivity contribution in [3.05, 3.63) is 339 Å². The zero-order chi connectivity index (χ0) is 108. The molecule has 802 valence electrons. The van der Waals surface area contributed by atoms with Crippen molar-refractivity contribution in [2.75, 3.05) is 31.6 Å². The van der Waals surface area contributed by atoms with Gasteiger partial charge in [-0.1, -0.05) is 513 Å². The molecule has 6 aliphatic carbocycles. The Bertz CT molecular complexity index is 4650. The second-order valence-electron chi connectivity index (χ2n) is 43.1. The summed E-state index contributed by atoms with van der Waals surface area (Å²) in [7, 11) is 0. The summed E-state index contributed by atoms with van der Waals surface area (Å²) in [6.45, 7) is 85.0. The molecule has 3 aliphatic heterocycles. The molecule has 0 atom stereocenters. The average molecular weight is 1960 g/mol. The fraction of sp³-hybridized carbons (Fsp3) is 0.557. The van der Waals surface area contributed by atoms with Gasteiger partial charge in [-0.25, -0.2) is 0 Å². The minimum Gasteiger partial charge on any atom is -0.490 e. The lowest BCUT2D eigenvalue weighted by Gasteiger charge is -2.23. The van der Waals surface area contributed by atoms with Crippen LogP contribution in [0.25, 0.3) is 12.2 Å². The summed E-state index contributed by atoms with van der Waals surface area (Å²) in [5.41, 5.74) is 39.2. The highest BCUT2D eigenvalue weighted by Crippen LogP contribution is 2.37. The van der Waals surface area contributed by atoms with Crippen LogP contribution in [-0.4, -0.2) is 26.2 Å². The van der Waals surface area contributed by atoms with Crippen molar-refractivity contribution in [3.63, 3.8) is 0 Å². The van der Waals surface area contributed by atoms with Gasteiger partial charge in [-0.05, 0) is 327 Å². The van der Waals surface area contributed by atoms with Gasteiger partial charge >= 0.3 is 0 Å². The number of para-hydroxylation sites is 1. The van der Waals surface area contributed by atoms with Gasteiger partial charge in [-0.15, -0.1) is 0 Å². The van der Waals surface area contributed by atoms with Crippen molar-refractivity contribution in [1.82, 2.24) is 10.6 Å². The monoisotopic (exact) mass is 1960 g/mol. The van der Waals surface area contributed by atoms with Gasteiger partial charge in [0.15, 0.2) is 0 Å². The Morgan fingerprint density at radius 2 is 0.583 bits per heavy atom. The topological polar surface area (TPSA) is 45.3 Å². The lowest BCUT2D eigenvalue weighted by molar-refractivity contribution is 0.322. The molecule has 9 aliphatic rings. The SMILES string of the molecule is CC(C)c1ccc2c(c1)CC=CC2.CC(C)c1ccc2c(c1)CCC=C2.CC(C)c1ccc2c(c1)CCCC2.CC(C)c1ccc2c(c1)CNCC2.CC(C)c1cccc2c1CC=CC2.CC(C)c1cccc2c1CCC=C2.CC(C)c1cccc2c1CCCC2.CC(C)c1cccc2c1CNCC2.CC(C)c1cccc2c1NCCO2.CCC.CCC.CCC.CCC.CCC.CCC.CCC.CCC.CCC. The molecule has 0 fully saturated rings. The molecule has 0 spiro atoms. The molecule has 0 saturated heterocycles. The molecule has 3 N–H and O–H groups in total. The third-order valence-electron chi connectivity index (χ3n) is 25.0. The molecule has 0 aromatic heterocycles. The molecule has 9 aromatic rings. The van der Waals surface area contributed by atoms with Crippen LogP contribution in [-0.2, 0) is 90.1 Å². The lowest BCUT2D eigenvalue weighted by atomic mass is 9.85. The number of rotatable bonds is 9. The van der Waals surface area contributed by atoms with E-state index in [4.69, 9.17) is 4.74 Å². The third-order valence-corrected chi connectivity index (χ3v) is 25.0. The first-order valence-electron chi connectivity index (χ1n) is 58.7. The standard InChI is InChI=1S/C13H18.2C13H16.C13H18.2C13H16.2C12H17N.C11H15NO.9C3H8/c3*1-10(2)12-9-5-7-11-6-3-4-8-13(11)12;3*1-10(2)12-8-7-11-5-3-4-6-13(11)9-12;1-9(2)11-4-3-10-5-6-13-8-12(10)7-11;1-9(2)11-5-3-4-10-6-7-13-8-12(10)11;1-8(2)9-4-3-5-10-11(9)12-6-7-13-10;9*1-3-2/h5,7,9-10H,3-4,6,8H2,1-2H3;3,5-7,9-10H,4,8H2,1-2H3;3-5,7,9-10H,6,8H2,1-2H3;7-10H,3-6H2,1-2H3;3,5,7-10H,4,6H2,1-2H3;3-4,7-10H,5-6H2,1-2H3;3-4,7,9,13H,5-6,8H2,1-2H3;3-5,9,13H,6-8H2,1-2H3;3-5,8,12H,6-7H2,1-2H3;9*3H2,1-2H3. The predicted molar refractivity (Wildman–Crippen MR) is 654 cm³/mol. The molecule has 0 saturated carbocycles. The number of nitrogens with one attached hydrogen (secondary N) is 3. The third kappa shape index (κ3) is 51.9. The van der Waals surface area contributed by atoms with Crippen molar-refractivity contribution in [3.8, 4) is 5.75 Å². The van der Waals surface area contributed by atoms with Crippen molar-refractivity contribution in [2.45, 2.75) is 489 Å². The summed E-state index contributed by atoms with van der Waals surface area (Å²) in [5, 5.41) is 10.2. The van der Waals surface area contributed by atoms with Crippen LogP contribution in [0.15, 0.2) is 200 Å². The number of anilines is 1. The summed E-state index contributed by atoms with van der Waals surface area (Å²) in [5.74, 6) is 6.80. The maximum absolute atomic E-state index is 5.55. The van der Waals surface area contributed by atoms with E-state index >= 15 is 0 Å². The summed E-state index contributed by atoms with van der Waals surface area (Å²) in [6, 6.07) is 60.9. The number of ether oxygens (including phenoxy) is 1. The van der Waals surface area contributed by atoms with Crippen LogP contribution in [0.5, 0.6) is 5.75 Å². The number of allylic oxidation sites excluding steroid dienone is 6. The van der Waals surface area contributed by atoms with Crippen molar-refractivity contribution in [2.24, 2.45) is 0 Å². The molecule has 144 heavy (non-hydrogen) atoms. The molecular weight excluding hydrogens is 1740 g/mol. The predicted octanol–water partition coefficient (Wildman–Crippen LogP) is 42.1. The molecule has 0 unspecified atom stereocenters. The zero-order valence-corrected chi connectivity index (χ0v) is 100. The molecule has 18 rings (SSSR count). The average Bonchev–Trinajstić information content (AvgIpc) is 0.827. The van der Waals surface area contributed by atoms with Crippen molar-refractivity contribution in [1.29, 1.82) is 0 Å². The second kappa shape index (κ2) is 81.5. The number of aryl methyl sites for hydroxylation is 4. The van der Waals surface area contributed by atoms with E-state index in [2.05, 4.69) is 472 Å². The Kier molecular flexibility index (Phi) is 75.5. The van der Waals surface area contributed by atoms with Gasteiger partial charge in [-0.3, -0.25) is 0 Å². The van der Waals surface area contributed by atoms with Gasteiger partial charge in [0.25, 0.3) is 0 Å². The van der Waals surface area contributed by atoms with Gasteiger partial charge in [0, 0.05) is 19.6 Å². The molecule has 0 bridgehead atoms. The summed E-state index contributed by atoms with van der Waals surface area (Å²) in [4.78, 5) is 0. The zero-order valence-electron chi connectivity index (χ0n) is 100. The first-order valence-corrected chi connectivity index (χ1v) is 58.7. The van der Waals surface area contributed by atoms with Gasteiger partial charge in [0.2, 0.25) is 0 Å². The van der Waals surface area contributed by atoms with Crippen LogP contribution in [0.4, 0.5) is 5.69 Å². The van der Waals surface area contributed by atoms with Crippen LogP contribution < -0.4 is 20.7 Å². The second-order valence-corrected chi connectivity index (χ2v) is 43.1. The van der Waals surface area contributed by atoms with E-state index in [1.807, 2.05) is 6.07 Å². The van der Waals surface area contributed by atoms with Gasteiger partial charge in [0.1, 0.15) is 12.4 Å². The van der Waals surface area contributed by atoms with Crippen LogP contribution in [0.2, 0.25) is 0 Å². The number of fused-ring (bicyclic) bond motifs is 9. The van der Waals surface area contributed by atoms with Crippen LogP contribution in [0.3, 0.4) is 0 Å². The minimum absolute atomic E-state index is 0.546. The van der Waals surface area contributed by atoms with Crippen LogP contribution >= 0.6 is 0 Å². The smallest absolute Gasteiger partial charge is 0.142 e. The first-order chi connectivity index (χ1) is 69.2. The molecular formula is C140H221N3O. The molecule has 0 amide bonds. The Hall–Kier alpha value is -8.54.